The van der Waals surface area contributed by atoms with Gasteiger partial charge in [0, 0.05) is 13.0 Å². The summed E-state index contributed by atoms with van der Waals surface area (Å²) in [6.45, 7) is 4.07. The Morgan fingerprint density at radius 1 is 1.44 bits per heavy atom. The summed E-state index contributed by atoms with van der Waals surface area (Å²) in [5.74, 6) is -0.00944. The minimum absolute atomic E-state index is 0.00944. The normalized spacial score (nSPS) is 12.2. The molecule has 0 spiro atoms. The van der Waals surface area contributed by atoms with Gasteiger partial charge < -0.3 is 10.4 Å². The van der Waals surface area contributed by atoms with Crippen LogP contribution in [0.2, 0.25) is 0 Å². The van der Waals surface area contributed by atoms with Crippen molar-refractivity contribution in [2.24, 2.45) is 0 Å². The third-order valence-corrected chi connectivity index (χ3v) is 2.59. The fraction of sp³-hybridized carbons (Fsp3) is 0.462. The van der Waals surface area contributed by atoms with Crippen LogP contribution in [-0.2, 0) is 4.79 Å². The molecule has 0 saturated heterocycles. The Kier molecular flexibility index (Phi) is 4.99. The minimum Gasteiger partial charge on any atom is -0.396 e. The molecule has 1 aromatic rings. The molecule has 0 saturated carbocycles. The van der Waals surface area contributed by atoms with Gasteiger partial charge in [0.1, 0.15) is 0 Å². The quantitative estimate of drug-likeness (QED) is 0.798. The van der Waals surface area contributed by atoms with Gasteiger partial charge in [-0.3, -0.25) is 4.79 Å². The molecule has 0 aliphatic rings. The molecule has 0 heterocycles. The van der Waals surface area contributed by atoms with Crippen LogP contribution in [-0.4, -0.2) is 17.6 Å². The smallest absolute Gasteiger partial charge is 0.220 e. The maximum atomic E-state index is 11.5. The molecule has 1 aromatic carbocycles. The second-order valence-corrected chi connectivity index (χ2v) is 3.97. The lowest BCUT2D eigenvalue weighted by atomic mass is 10.0. The van der Waals surface area contributed by atoms with Crippen LogP contribution in [0.25, 0.3) is 0 Å². The summed E-state index contributed by atoms with van der Waals surface area (Å²) < 4.78 is 0. The zero-order chi connectivity index (χ0) is 12.0. The average molecular weight is 221 g/mol. The van der Waals surface area contributed by atoms with Gasteiger partial charge in [-0.2, -0.15) is 0 Å². The second kappa shape index (κ2) is 6.28. The number of hydrogen-bond acceptors (Lipinski definition) is 2. The van der Waals surface area contributed by atoms with Crippen LogP contribution in [0, 0.1) is 6.92 Å². The largest absolute Gasteiger partial charge is 0.396 e. The number of benzene rings is 1. The van der Waals surface area contributed by atoms with Crippen LogP contribution >= 0.6 is 0 Å². The number of nitrogens with one attached hydrogen (secondary N) is 1. The van der Waals surface area contributed by atoms with Crippen molar-refractivity contribution in [2.75, 3.05) is 6.61 Å². The van der Waals surface area contributed by atoms with Crippen molar-refractivity contribution in [1.29, 1.82) is 0 Å². The minimum atomic E-state index is -0.00944. The molecule has 0 aliphatic carbocycles. The number of aryl methyl sites for hydroxylation is 1. The first-order chi connectivity index (χ1) is 7.65. The van der Waals surface area contributed by atoms with Gasteiger partial charge in [0.05, 0.1) is 6.04 Å². The Bertz CT molecular complexity index is 350. The first-order valence-corrected chi connectivity index (χ1v) is 5.61. The van der Waals surface area contributed by atoms with Gasteiger partial charge in [-0.25, -0.2) is 0 Å². The van der Waals surface area contributed by atoms with Crippen molar-refractivity contribution < 1.29 is 9.90 Å². The topological polar surface area (TPSA) is 49.3 Å². The Labute approximate surface area is 96.5 Å². The van der Waals surface area contributed by atoms with Gasteiger partial charge in [-0.15, -0.1) is 0 Å². The number of carbonyl (C=O) groups is 1. The van der Waals surface area contributed by atoms with Gasteiger partial charge in [0.2, 0.25) is 5.91 Å². The third-order valence-electron chi connectivity index (χ3n) is 2.59. The van der Waals surface area contributed by atoms with Gasteiger partial charge in [-0.05, 0) is 31.4 Å². The molecular formula is C13H19NO2. The van der Waals surface area contributed by atoms with E-state index in [1.807, 2.05) is 38.1 Å². The summed E-state index contributed by atoms with van der Waals surface area (Å²) >= 11 is 0. The van der Waals surface area contributed by atoms with Crippen LogP contribution in [0.4, 0.5) is 0 Å². The highest BCUT2D eigenvalue weighted by Gasteiger charge is 2.10. The SMILES string of the molecule is Cc1ccccc1[C@H](C)NC(=O)CCCO. The van der Waals surface area contributed by atoms with E-state index in [9.17, 15) is 4.79 Å². The van der Waals surface area contributed by atoms with Gasteiger partial charge in [-0.1, -0.05) is 24.3 Å². The van der Waals surface area contributed by atoms with Crippen molar-refractivity contribution in [1.82, 2.24) is 5.32 Å². The standard InChI is InChI=1S/C13H19NO2/c1-10-6-3-4-7-12(10)11(2)14-13(16)8-5-9-15/h3-4,6-7,11,15H,5,8-9H2,1-2H3,(H,14,16)/t11-/m0/s1. The maximum Gasteiger partial charge on any atom is 0.220 e. The molecule has 0 aliphatic heterocycles. The van der Waals surface area contributed by atoms with Crippen molar-refractivity contribution in [3.63, 3.8) is 0 Å². The molecule has 2 N–H and O–H groups in total. The van der Waals surface area contributed by atoms with Gasteiger partial charge >= 0.3 is 0 Å². The van der Waals surface area contributed by atoms with E-state index in [0.29, 0.717) is 12.8 Å². The lowest BCUT2D eigenvalue weighted by Gasteiger charge is -2.16. The molecule has 0 bridgehead atoms. The fourth-order valence-corrected chi connectivity index (χ4v) is 1.70. The van der Waals surface area contributed by atoms with Crippen LogP contribution in [0.1, 0.15) is 36.9 Å². The van der Waals surface area contributed by atoms with E-state index in [0.717, 1.165) is 5.56 Å². The molecular weight excluding hydrogens is 202 g/mol. The number of amides is 1. The van der Waals surface area contributed by atoms with E-state index in [-0.39, 0.29) is 18.6 Å². The van der Waals surface area contributed by atoms with Gasteiger partial charge in [0.25, 0.3) is 0 Å². The van der Waals surface area contributed by atoms with Gasteiger partial charge in [0.15, 0.2) is 0 Å². The highest BCUT2D eigenvalue weighted by molar-refractivity contribution is 5.76. The number of aliphatic hydroxyl groups is 1. The Morgan fingerprint density at radius 2 is 2.12 bits per heavy atom. The van der Waals surface area contributed by atoms with E-state index in [1.54, 1.807) is 0 Å². The van der Waals surface area contributed by atoms with E-state index in [1.165, 1.54) is 5.56 Å². The zero-order valence-corrected chi connectivity index (χ0v) is 9.86. The first-order valence-electron chi connectivity index (χ1n) is 5.61. The number of rotatable bonds is 5. The molecule has 3 heteroatoms. The summed E-state index contributed by atoms with van der Waals surface area (Å²) in [6, 6.07) is 8.03. The number of hydrogen-bond donors (Lipinski definition) is 2. The lowest BCUT2D eigenvalue weighted by molar-refractivity contribution is -0.122. The molecule has 88 valence electrons. The van der Waals surface area contributed by atoms with Crippen LogP contribution < -0.4 is 5.32 Å². The number of aliphatic hydroxyl groups excluding tert-OH is 1. The summed E-state index contributed by atoms with van der Waals surface area (Å²) in [4.78, 5) is 11.5. The van der Waals surface area contributed by atoms with E-state index >= 15 is 0 Å². The molecule has 0 radical (unpaired) electrons. The molecule has 1 amide bonds. The highest BCUT2D eigenvalue weighted by atomic mass is 16.3. The van der Waals surface area contributed by atoms with Crippen LogP contribution in [0.5, 0.6) is 0 Å². The molecule has 1 atom stereocenters. The van der Waals surface area contributed by atoms with Crippen LogP contribution in [0.15, 0.2) is 24.3 Å². The summed E-state index contributed by atoms with van der Waals surface area (Å²) in [7, 11) is 0. The maximum absolute atomic E-state index is 11.5. The summed E-state index contributed by atoms with van der Waals surface area (Å²) in [5.41, 5.74) is 2.32. The van der Waals surface area contributed by atoms with Crippen molar-refractivity contribution >= 4 is 5.91 Å². The Morgan fingerprint density at radius 3 is 2.75 bits per heavy atom. The summed E-state index contributed by atoms with van der Waals surface area (Å²) in [5, 5.41) is 11.6. The monoisotopic (exact) mass is 221 g/mol. The predicted molar refractivity (Wildman–Crippen MR) is 64.1 cm³/mol. The van der Waals surface area contributed by atoms with Crippen molar-refractivity contribution in [3.8, 4) is 0 Å². The lowest BCUT2D eigenvalue weighted by Crippen LogP contribution is -2.26. The molecule has 3 nitrogen and oxygen atoms in total. The Balaban J connectivity index is 2.55. The first kappa shape index (κ1) is 12.7. The molecule has 0 fully saturated rings. The fourth-order valence-electron chi connectivity index (χ4n) is 1.70. The van der Waals surface area contributed by atoms with E-state index in [4.69, 9.17) is 5.11 Å². The summed E-state index contributed by atoms with van der Waals surface area (Å²) in [6.07, 6.45) is 0.902. The zero-order valence-electron chi connectivity index (χ0n) is 9.86. The number of carbonyl (C=O) groups excluding carboxylic acids is 1. The van der Waals surface area contributed by atoms with Crippen LogP contribution in [0.3, 0.4) is 0 Å². The van der Waals surface area contributed by atoms with E-state index < -0.39 is 0 Å². The van der Waals surface area contributed by atoms with E-state index in [2.05, 4.69) is 5.32 Å². The molecule has 0 unspecified atom stereocenters. The third kappa shape index (κ3) is 3.66. The Hall–Kier alpha value is -1.35. The van der Waals surface area contributed by atoms with Crippen molar-refractivity contribution in [3.05, 3.63) is 35.4 Å². The molecule has 1 rings (SSSR count). The molecule has 16 heavy (non-hydrogen) atoms. The average Bonchev–Trinajstić information content (AvgIpc) is 2.26. The molecule has 0 aromatic heterocycles. The highest BCUT2D eigenvalue weighted by Crippen LogP contribution is 2.16. The second-order valence-electron chi connectivity index (χ2n) is 3.97. The van der Waals surface area contributed by atoms with Crippen molar-refractivity contribution in [2.45, 2.75) is 32.7 Å². The predicted octanol–water partition coefficient (Wildman–Crippen LogP) is 1.94.